The van der Waals surface area contributed by atoms with E-state index in [-0.39, 0.29) is 5.78 Å². The summed E-state index contributed by atoms with van der Waals surface area (Å²) in [5, 5.41) is 8.63. The molecule has 0 aromatic rings. The molecule has 0 aromatic heterocycles. The molecule has 1 rings (SSSR count). The molecule has 0 bridgehead atoms. The Morgan fingerprint density at radius 2 is 2.36 bits per heavy atom. The largest absolute Gasteiger partial charge is 0.481 e. The zero-order valence-electron chi connectivity index (χ0n) is 6.12. The molecule has 0 amide bonds. The van der Waals surface area contributed by atoms with E-state index in [0.717, 1.165) is 0 Å². The molecule has 2 unspecified atom stereocenters. The maximum absolute atomic E-state index is 11.0. The lowest BCUT2D eigenvalue weighted by Crippen LogP contribution is -2.19. The van der Waals surface area contributed by atoms with Crippen LogP contribution in [0.3, 0.4) is 0 Å². The number of aliphatic carboxylic acids is 1. The van der Waals surface area contributed by atoms with Crippen molar-refractivity contribution < 1.29 is 14.7 Å². The summed E-state index contributed by atoms with van der Waals surface area (Å²) < 4.78 is 0. The highest BCUT2D eigenvalue weighted by atomic mass is 16.4. The quantitative estimate of drug-likeness (QED) is 0.600. The highest BCUT2D eigenvalue weighted by molar-refractivity contribution is 5.90. The molecule has 11 heavy (non-hydrogen) atoms. The summed E-state index contributed by atoms with van der Waals surface area (Å²) in [7, 11) is 0. The Hall–Kier alpha value is -1.12. The molecule has 3 heteroatoms. The van der Waals surface area contributed by atoms with Crippen LogP contribution in [0.2, 0.25) is 0 Å². The Bertz CT molecular complexity index is 207. The van der Waals surface area contributed by atoms with Gasteiger partial charge in [0.1, 0.15) is 5.78 Å². The lowest BCUT2D eigenvalue weighted by molar-refractivity contribution is -0.143. The van der Waals surface area contributed by atoms with Gasteiger partial charge in [0.05, 0.1) is 5.92 Å². The monoisotopic (exact) mass is 154 g/mol. The molecule has 0 heterocycles. The van der Waals surface area contributed by atoms with Crippen molar-refractivity contribution in [2.75, 3.05) is 0 Å². The number of ketones is 1. The van der Waals surface area contributed by atoms with E-state index in [9.17, 15) is 9.59 Å². The molecule has 0 aromatic carbocycles. The summed E-state index contributed by atoms with van der Waals surface area (Å²) in [5.41, 5.74) is 0. The van der Waals surface area contributed by atoms with Crippen molar-refractivity contribution in [3.63, 3.8) is 0 Å². The van der Waals surface area contributed by atoms with Gasteiger partial charge in [-0.15, -0.1) is 6.58 Å². The second-order valence-corrected chi connectivity index (χ2v) is 2.71. The summed E-state index contributed by atoms with van der Waals surface area (Å²) in [6.07, 6.45) is 2.28. The number of Topliss-reactive ketones (excluding diaryl/α,β-unsaturated/α-hetero) is 1. The minimum Gasteiger partial charge on any atom is -0.481 e. The topological polar surface area (TPSA) is 54.4 Å². The molecule has 1 saturated carbocycles. The third-order valence-electron chi connectivity index (χ3n) is 2.08. The fourth-order valence-electron chi connectivity index (χ4n) is 1.44. The maximum atomic E-state index is 11.0. The van der Waals surface area contributed by atoms with Crippen LogP contribution in [-0.2, 0) is 9.59 Å². The molecular weight excluding hydrogens is 144 g/mol. The SMILES string of the molecule is C=CC1C(=O)CCC1C(=O)O. The minimum absolute atomic E-state index is 0.00685. The zero-order valence-corrected chi connectivity index (χ0v) is 6.12. The number of carbonyl (C=O) groups excluding carboxylic acids is 1. The average molecular weight is 154 g/mol. The van der Waals surface area contributed by atoms with Gasteiger partial charge < -0.3 is 5.11 Å². The van der Waals surface area contributed by atoms with Gasteiger partial charge in [-0.25, -0.2) is 0 Å². The van der Waals surface area contributed by atoms with Crippen LogP contribution in [0.1, 0.15) is 12.8 Å². The van der Waals surface area contributed by atoms with Gasteiger partial charge in [0.25, 0.3) is 0 Å². The molecule has 1 fully saturated rings. The number of carboxylic acids is 1. The van der Waals surface area contributed by atoms with Crippen LogP contribution in [0.4, 0.5) is 0 Å². The third-order valence-corrected chi connectivity index (χ3v) is 2.08. The second-order valence-electron chi connectivity index (χ2n) is 2.71. The summed E-state index contributed by atoms with van der Waals surface area (Å²) in [5.74, 6) is -1.86. The van der Waals surface area contributed by atoms with Crippen LogP contribution in [0, 0.1) is 11.8 Å². The molecule has 1 N–H and O–H groups in total. The van der Waals surface area contributed by atoms with Gasteiger partial charge in [0.15, 0.2) is 0 Å². The first-order chi connectivity index (χ1) is 5.16. The fraction of sp³-hybridized carbons (Fsp3) is 0.500. The molecule has 0 radical (unpaired) electrons. The van der Waals surface area contributed by atoms with Crippen LogP contribution in [-0.4, -0.2) is 16.9 Å². The van der Waals surface area contributed by atoms with Crippen molar-refractivity contribution in [3.8, 4) is 0 Å². The smallest absolute Gasteiger partial charge is 0.307 e. The Balaban J connectivity index is 2.76. The van der Waals surface area contributed by atoms with Crippen molar-refractivity contribution in [2.45, 2.75) is 12.8 Å². The number of hydrogen-bond donors (Lipinski definition) is 1. The highest BCUT2D eigenvalue weighted by Crippen LogP contribution is 2.29. The zero-order chi connectivity index (χ0) is 8.43. The van der Waals surface area contributed by atoms with Gasteiger partial charge in [-0.3, -0.25) is 9.59 Å². The molecule has 1 aliphatic rings. The molecule has 2 atom stereocenters. The van der Waals surface area contributed by atoms with Crippen LogP contribution in [0.25, 0.3) is 0 Å². The molecule has 0 spiro atoms. The number of allylic oxidation sites excluding steroid dienone is 1. The number of carboxylic acid groups (broad SMARTS) is 1. The van der Waals surface area contributed by atoms with E-state index in [1.54, 1.807) is 0 Å². The van der Waals surface area contributed by atoms with Gasteiger partial charge in [-0.05, 0) is 6.42 Å². The van der Waals surface area contributed by atoms with Gasteiger partial charge in [0.2, 0.25) is 0 Å². The lowest BCUT2D eigenvalue weighted by Gasteiger charge is -2.07. The summed E-state index contributed by atoms with van der Waals surface area (Å²) >= 11 is 0. The predicted molar refractivity (Wildman–Crippen MR) is 39.1 cm³/mol. The normalized spacial score (nSPS) is 30.4. The first kappa shape index (κ1) is 7.98. The van der Waals surface area contributed by atoms with Crippen LogP contribution in [0.5, 0.6) is 0 Å². The molecule has 60 valence electrons. The summed E-state index contributed by atoms with van der Waals surface area (Å²) in [6, 6.07) is 0. The molecule has 1 aliphatic carbocycles. The van der Waals surface area contributed by atoms with Gasteiger partial charge in [0, 0.05) is 12.3 Å². The molecule has 3 nitrogen and oxygen atoms in total. The van der Waals surface area contributed by atoms with E-state index in [1.807, 2.05) is 0 Å². The number of rotatable bonds is 2. The Morgan fingerprint density at radius 3 is 2.73 bits per heavy atom. The predicted octanol–water partition coefficient (Wildman–Crippen LogP) is 0.852. The Labute approximate surface area is 64.7 Å². The van der Waals surface area contributed by atoms with E-state index in [2.05, 4.69) is 6.58 Å². The summed E-state index contributed by atoms with van der Waals surface area (Å²) in [6.45, 7) is 3.44. The lowest BCUT2D eigenvalue weighted by atomic mass is 9.96. The van der Waals surface area contributed by atoms with Crippen LogP contribution < -0.4 is 0 Å². The first-order valence-corrected chi connectivity index (χ1v) is 3.55. The van der Waals surface area contributed by atoms with E-state index < -0.39 is 17.8 Å². The average Bonchev–Trinajstić information content (AvgIpc) is 2.30. The van der Waals surface area contributed by atoms with E-state index in [4.69, 9.17) is 5.11 Å². The van der Waals surface area contributed by atoms with Crippen LogP contribution in [0.15, 0.2) is 12.7 Å². The maximum Gasteiger partial charge on any atom is 0.307 e. The third kappa shape index (κ3) is 1.31. The van der Waals surface area contributed by atoms with Crippen molar-refractivity contribution in [3.05, 3.63) is 12.7 Å². The number of hydrogen-bond acceptors (Lipinski definition) is 2. The Morgan fingerprint density at radius 1 is 1.73 bits per heavy atom. The standard InChI is InChI=1S/C8H10O3/c1-2-5-6(8(10)11)3-4-7(5)9/h2,5-6H,1,3-4H2,(H,10,11). The molecule has 0 aliphatic heterocycles. The summed E-state index contributed by atoms with van der Waals surface area (Å²) in [4.78, 5) is 21.5. The van der Waals surface area contributed by atoms with E-state index in [0.29, 0.717) is 12.8 Å². The molecule has 0 saturated heterocycles. The van der Waals surface area contributed by atoms with Crippen molar-refractivity contribution in [1.82, 2.24) is 0 Å². The number of carbonyl (C=O) groups is 2. The first-order valence-electron chi connectivity index (χ1n) is 3.55. The van der Waals surface area contributed by atoms with Crippen molar-refractivity contribution in [1.29, 1.82) is 0 Å². The highest BCUT2D eigenvalue weighted by Gasteiger charge is 2.36. The van der Waals surface area contributed by atoms with Gasteiger partial charge in [-0.2, -0.15) is 0 Å². The van der Waals surface area contributed by atoms with Crippen molar-refractivity contribution >= 4 is 11.8 Å². The second kappa shape index (κ2) is 2.86. The van der Waals surface area contributed by atoms with Gasteiger partial charge >= 0.3 is 5.97 Å². The minimum atomic E-state index is -0.888. The van der Waals surface area contributed by atoms with Gasteiger partial charge in [-0.1, -0.05) is 6.08 Å². The Kier molecular flexibility index (Phi) is 2.08. The van der Waals surface area contributed by atoms with E-state index in [1.165, 1.54) is 6.08 Å². The van der Waals surface area contributed by atoms with Crippen molar-refractivity contribution in [2.24, 2.45) is 11.8 Å². The van der Waals surface area contributed by atoms with Crippen LogP contribution >= 0.6 is 0 Å². The fourth-order valence-corrected chi connectivity index (χ4v) is 1.44. The van der Waals surface area contributed by atoms with E-state index >= 15 is 0 Å². The molecular formula is C8H10O3.